The summed E-state index contributed by atoms with van der Waals surface area (Å²) in [4.78, 5) is 17.0. The van der Waals surface area contributed by atoms with Crippen LogP contribution in [-0.2, 0) is 0 Å². The molecule has 0 saturated carbocycles. The molecule has 0 spiro atoms. The second-order valence-corrected chi connectivity index (χ2v) is 7.83. The van der Waals surface area contributed by atoms with E-state index in [-0.39, 0.29) is 5.91 Å². The molecule has 3 fully saturated rings. The number of nitrogens with zero attached hydrogens (tertiary/aromatic N) is 1. The van der Waals surface area contributed by atoms with Crippen LogP contribution in [0.1, 0.15) is 28.1 Å². The minimum atomic E-state index is 0.0899. The Bertz CT molecular complexity index is 698. The standard InChI is InChI=1S/C19H22N2OS/c1-13-2-4-15(5-3-13)17-6-7-18(23-17)19(22)20-16-12-21-10-8-14(16)9-11-21/h2-7,14,16H,8-12H2,1H3,(H,20,22). The summed E-state index contributed by atoms with van der Waals surface area (Å²) in [7, 11) is 0. The first-order valence-electron chi connectivity index (χ1n) is 8.39. The van der Waals surface area contributed by atoms with Crippen LogP contribution in [0.25, 0.3) is 10.4 Å². The maximum absolute atomic E-state index is 12.6. The van der Waals surface area contributed by atoms with E-state index >= 15 is 0 Å². The highest BCUT2D eigenvalue weighted by Gasteiger charge is 2.35. The van der Waals surface area contributed by atoms with Crippen molar-refractivity contribution >= 4 is 17.2 Å². The molecule has 4 heteroatoms. The molecular formula is C19H22N2OS. The highest BCUT2D eigenvalue weighted by Crippen LogP contribution is 2.30. The van der Waals surface area contributed by atoms with Crippen molar-refractivity contribution in [2.75, 3.05) is 19.6 Å². The van der Waals surface area contributed by atoms with Gasteiger partial charge in [-0.1, -0.05) is 29.8 Å². The second kappa shape index (κ2) is 6.10. The summed E-state index contributed by atoms with van der Waals surface area (Å²) in [5, 5.41) is 3.27. The van der Waals surface area contributed by atoms with Crippen molar-refractivity contribution in [3.05, 3.63) is 46.8 Å². The number of rotatable bonds is 3. The van der Waals surface area contributed by atoms with Crippen LogP contribution in [0.5, 0.6) is 0 Å². The summed E-state index contributed by atoms with van der Waals surface area (Å²) in [6, 6.07) is 12.8. The number of amides is 1. The van der Waals surface area contributed by atoms with Gasteiger partial charge in [0.15, 0.2) is 0 Å². The van der Waals surface area contributed by atoms with Gasteiger partial charge in [-0.2, -0.15) is 0 Å². The lowest BCUT2D eigenvalue weighted by Crippen LogP contribution is -2.57. The van der Waals surface area contributed by atoms with Crippen LogP contribution in [0, 0.1) is 12.8 Å². The number of carbonyl (C=O) groups is 1. The third-order valence-corrected chi connectivity index (χ3v) is 6.27. The van der Waals surface area contributed by atoms with Crippen molar-refractivity contribution < 1.29 is 4.79 Å². The minimum Gasteiger partial charge on any atom is -0.347 e. The van der Waals surface area contributed by atoms with Crippen LogP contribution in [-0.4, -0.2) is 36.5 Å². The Morgan fingerprint density at radius 1 is 1.13 bits per heavy atom. The molecule has 5 rings (SSSR count). The summed E-state index contributed by atoms with van der Waals surface area (Å²) >= 11 is 1.58. The number of fused-ring (bicyclic) bond motifs is 3. The molecule has 2 aromatic rings. The highest BCUT2D eigenvalue weighted by molar-refractivity contribution is 7.17. The monoisotopic (exact) mass is 326 g/mol. The van der Waals surface area contributed by atoms with Gasteiger partial charge in [0.25, 0.3) is 5.91 Å². The second-order valence-electron chi connectivity index (χ2n) is 6.75. The first-order chi connectivity index (χ1) is 11.2. The summed E-state index contributed by atoms with van der Waals surface area (Å²) in [5.74, 6) is 0.757. The molecule has 0 aliphatic carbocycles. The molecule has 3 aliphatic rings. The van der Waals surface area contributed by atoms with Crippen LogP contribution >= 0.6 is 11.3 Å². The Labute approximate surface area is 141 Å². The van der Waals surface area contributed by atoms with E-state index in [4.69, 9.17) is 0 Å². The normalized spacial score (nSPS) is 26.2. The molecule has 120 valence electrons. The van der Waals surface area contributed by atoms with E-state index in [2.05, 4.69) is 47.5 Å². The molecule has 1 amide bonds. The highest BCUT2D eigenvalue weighted by atomic mass is 32.1. The van der Waals surface area contributed by atoms with E-state index in [1.54, 1.807) is 11.3 Å². The zero-order valence-corrected chi connectivity index (χ0v) is 14.2. The first kappa shape index (κ1) is 14.9. The Morgan fingerprint density at radius 3 is 2.52 bits per heavy atom. The van der Waals surface area contributed by atoms with Crippen molar-refractivity contribution in [3.8, 4) is 10.4 Å². The maximum atomic E-state index is 12.6. The van der Waals surface area contributed by atoms with Crippen LogP contribution in [0.3, 0.4) is 0 Å². The first-order valence-corrected chi connectivity index (χ1v) is 9.21. The number of hydrogen-bond acceptors (Lipinski definition) is 3. The SMILES string of the molecule is Cc1ccc(-c2ccc(C(=O)NC3CN4CCC3CC4)s2)cc1. The van der Waals surface area contributed by atoms with Gasteiger partial charge in [-0.25, -0.2) is 0 Å². The predicted octanol–water partition coefficient (Wildman–Crippen LogP) is 3.55. The molecule has 3 saturated heterocycles. The predicted molar refractivity (Wildman–Crippen MR) is 94.9 cm³/mol. The fourth-order valence-electron chi connectivity index (χ4n) is 3.70. The lowest BCUT2D eigenvalue weighted by molar-refractivity contribution is 0.0622. The lowest BCUT2D eigenvalue weighted by Gasteiger charge is -2.44. The topological polar surface area (TPSA) is 32.3 Å². The van der Waals surface area contributed by atoms with Crippen molar-refractivity contribution in [1.82, 2.24) is 10.2 Å². The molecule has 1 atom stereocenters. The van der Waals surface area contributed by atoms with E-state index in [0.717, 1.165) is 16.3 Å². The average Bonchev–Trinajstić information content (AvgIpc) is 3.07. The lowest BCUT2D eigenvalue weighted by atomic mass is 9.84. The van der Waals surface area contributed by atoms with Gasteiger partial charge in [-0.15, -0.1) is 11.3 Å². The quantitative estimate of drug-likeness (QED) is 0.935. The number of piperidine rings is 3. The fraction of sp³-hybridized carbons (Fsp3) is 0.421. The van der Waals surface area contributed by atoms with Gasteiger partial charge in [-0.3, -0.25) is 4.79 Å². The zero-order valence-electron chi connectivity index (χ0n) is 13.4. The largest absolute Gasteiger partial charge is 0.347 e. The van der Waals surface area contributed by atoms with Crippen LogP contribution in [0.15, 0.2) is 36.4 Å². The van der Waals surface area contributed by atoms with Gasteiger partial charge in [0.1, 0.15) is 0 Å². The molecule has 1 aromatic heterocycles. The van der Waals surface area contributed by atoms with Gasteiger partial charge >= 0.3 is 0 Å². The summed E-state index contributed by atoms with van der Waals surface area (Å²) in [6.45, 7) is 5.51. The summed E-state index contributed by atoms with van der Waals surface area (Å²) in [6.07, 6.45) is 2.45. The van der Waals surface area contributed by atoms with Crippen molar-refractivity contribution in [2.45, 2.75) is 25.8 Å². The van der Waals surface area contributed by atoms with E-state index in [1.165, 1.54) is 37.1 Å². The van der Waals surface area contributed by atoms with Crippen LogP contribution in [0.2, 0.25) is 0 Å². The summed E-state index contributed by atoms with van der Waals surface area (Å²) in [5.41, 5.74) is 2.44. The molecule has 23 heavy (non-hydrogen) atoms. The van der Waals surface area contributed by atoms with Gasteiger partial charge in [0.2, 0.25) is 0 Å². The van der Waals surface area contributed by atoms with E-state index < -0.39 is 0 Å². The van der Waals surface area contributed by atoms with Crippen molar-refractivity contribution in [1.29, 1.82) is 0 Å². The Kier molecular flexibility index (Phi) is 3.95. The minimum absolute atomic E-state index is 0.0899. The number of aryl methyl sites for hydroxylation is 1. The Hall–Kier alpha value is -1.65. The van der Waals surface area contributed by atoms with Crippen molar-refractivity contribution in [3.63, 3.8) is 0 Å². The zero-order chi connectivity index (χ0) is 15.8. The number of nitrogens with one attached hydrogen (secondary N) is 1. The summed E-state index contributed by atoms with van der Waals surface area (Å²) < 4.78 is 0. The number of carbonyl (C=O) groups excluding carboxylic acids is 1. The van der Waals surface area contributed by atoms with Crippen molar-refractivity contribution in [2.24, 2.45) is 5.92 Å². The van der Waals surface area contributed by atoms with E-state index in [1.807, 2.05) is 6.07 Å². The number of hydrogen-bond donors (Lipinski definition) is 1. The molecule has 1 unspecified atom stereocenters. The molecule has 1 N–H and O–H groups in total. The third kappa shape index (κ3) is 3.06. The fourth-order valence-corrected chi connectivity index (χ4v) is 4.62. The van der Waals surface area contributed by atoms with Gasteiger partial charge in [0, 0.05) is 17.5 Å². The van der Waals surface area contributed by atoms with Gasteiger partial charge < -0.3 is 10.2 Å². The van der Waals surface area contributed by atoms with Crippen LogP contribution in [0.4, 0.5) is 0 Å². The molecular weight excluding hydrogens is 304 g/mol. The smallest absolute Gasteiger partial charge is 0.261 e. The Morgan fingerprint density at radius 2 is 1.87 bits per heavy atom. The number of benzene rings is 1. The van der Waals surface area contributed by atoms with E-state index in [0.29, 0.717) is 12.0 Å². The Balaban J connectivity index is 1.46. The van der Waals surface area contributed by atoms with Gasteiger partial charge in [-0.05, 0) is 56.5 Å². The molecule has 0 radical (unpaired) electrons. The van der Waals surface area contributed by atoms with Gasteiger partial charge in [0.05, 0.1) is 4.88 Å². The number of thiophene rings is 1. The van der Waals surface area contributed by atoms with Crippen LogP contribution < -0.4 is 5.32 Å². The van der Waals surface area contributed by atoms with E-state index in [9.17, 15) is 4.79 Å². The maximum Gasteiger partial charge on any atom is 0.261 e. The molecule has 3 nitrogen and oxygen atoms in total. The average molecular weight is 326 g/mol. The molecule has 4 heterocycles. The molecule has 3 aliphatic heterocycles. The third-order valence-electron chi connectivity index (χ3n) is 5.14. The molecule has 1 aromatic carbocycles. The molecule has 2 bridgehead atoms.